The molecule has 17 heavy (non-hydrogen) atoms. The molecule has 2 heterocycles. The molecule has 0 aromatic heterocycles. The first-order chi connectivity index (χ1) is 8.43. The van der Waals surface area contributed by atoms with Gasteiger partial charge in [-0.3, -0.25) is 4.90 Å². The number of fused-ring (bicyclic) bond motifs is 1. The molecule has 2 nitrogen and oxygen atoms in total. The number of nitrogens with zero attached hydrogens (tertiary/aromatic N) is 1. The molecule has 2 fully saturated rings. The maximum Gasteiger partial charge on any atom is 0.0253 e. The summed E-state index contributed by atoms with van der Waals surface area (Å²) in [4.78, 5) is 2.69. The minimum atomic E-state index is 0.751. The summed E-state index contributed by atoms with van der Waals surface area (Å²) in [5.74, 6) is 0. The average molecular weight is 230 g/mol. The van der Waals surface area contributed by atoms with E-state index < -0.39 is 0 Å². The Kier molecular flexibility index (Phi) is 3.44. The summed E-state index contributed by atoms with van der Waals surface area (Å²) in [6.45, 7) is 3.63. The molecular weight excluding hydrogens is 208 g/mol. The fourth-order valence-electron chi connectivity index (χ4n) is 3.36. The fraction of sp³-hybridized carbons (Fsp3) is 0.600. The van der Waals surface area contributed by atoms with Gasteiger partial charge in [-0.2, -0.15) is 0 Å². The molecule has 2 aliphatic rings. The zero-order chi connectivity index (χ0) is 11.5. The Bertz CT molecular complexity index is 347. The van der Waals surface area contributed by atoms with Crippen molar-refractivity contribution in [3.8, 4) is 0 Å². The van der Waals surface area contributed by atoms with Crippen molar-refractivity contribution in [1.29, 1.82) is 0 Å². The number of nitrogens with one attached hydrogen (secondary N) is 1. The molecule has 1 N–H and O–H groups in total. The van der Waals surface area contributed by atoms with Crippen molar-refractivity contribution in [1.82, 2.24) is 10.2 Å². The molecule has 92 valence electrons. The second kappa shape index (κ2) is 5.19. The Morgan fingerprint density at radius 3 is 2.88 bits per heavy atom. The zero-order valence-electron chi connectivity index (χ0n) is 10.4. The number of rotatable bonds is 2. The van der Waals surface area contributed by atoms with Gasteiger partial charge < -0.3 is 5.32 Å². The van der Waals surface area contributed by atoms with E-state index in [4.69, 9.17) is 0 Å². The van der Waals surface area contributed by atoms with Crippen LogP contribution in [0.3, 0.4) is 0 Å². The second-order valence-electron chi connectivity index (χ2n) is 5.37. The van der Waals surface area contributed by atoms with Gasteiger partial charge in [0, 0.05) is 18.6 Å². The monoisotopic (exact) mass is 230 g/mol. The number of hydrogen-bond acceptors (Lipinski definition) is 2. The van der Waals surface area contributed by atoms with Crippen LogP contribution in [0.25, 0.3) is 0 Å². The number of hydrogen-bond donors (Lipinski definition) is 1. The van der Waals surface area contributed by atoms with Crippen molar-refractivity contribution in [3.63, 3.8) is 0 Å². The molecule has 0 amide bonds. The lowest BCUT2D eigenvalue weighted by atomic mass is 9.89. The van der Waals surface area contributed by atoms with Gasteiger partial charge in [-0.25, -0.2) is 0 Å². The normalized spacial score (nSPS) is 29.9. The van der Waals surface area contributed by atoms with Crippen LogP contribution in [0.4, 0.5) is 0 Å². The smallest absolute Gasteiger partial charge is 0.0253 e. The minimum Gasteiger partial charge on any atom is -0.312 e. The third kappa shape index (κ3) is 2.53. The molecule has 1 aromatic carbocycles. The van der Waals surface area contributed by atoms with Gasteiger partial charge in [0.1, 0.15) is 0 Å². The van der Waals surface area contributed by atoms with Gasteiger partial charge in [0.2, 0.25) is 0 Å². The van der Waals surface area contributed by atoms with Crippen LogP contribution in [0.1, 0.15) is 31.2 Å². The molecule has 2 unspecified atom stereocenters. The van der Waals surface area contributed by atoms with E-state index in [0.717, 1.165) is 18.6 Å². The first-order valence-corrected chi connectivity index (χ1v) is 6.95. The van der Waals surface area contributed by atoms with E-state index >= 15 is 0 Å². The molecule has 2 atom stereocenters. The second-order valence-corrected chi connectivity index (χ2v) is 5.37. The molecule has 0 bridgehead atoms. The highest BCUT2D eigenvalue weighted by Gasteiger charge is 2.32. The molecule has 2 aliphatic heterocycles. The van der Waals surface area contributed by atoms with Crippen LogP contribution in [0.15, 0.2) is 30.3 Å². The molecule has 0 spiro atoms. The van der Waals surface area contributed by atoms with Gasteiger partial charge in [0.15, 0.2) is 0 Å². The van der Waals surface area contributed by atoms with Crippen molar-refractivity contribution in [3.05, 3.63) is 35.9 Å². The fourth-order valence-corrected chi connectivity index (χ4v) is 3.36. The SMILES string of the molecule is c1ccc(CN2CCCC3NCCCC32)cc1. The highest BCUT2D eigenvalue weighted by molar-refractivity contribution is 5.15. The molecule has 0 aliphatic carbocycles. The Labute approximate surface area is 104 Å². The number of likely N-dealkylation sites (tertiary alicyclic amines) is 1. The van der Waals surface area contributed by atoms with Gasteiger partial charge in [0.05, 0.1) is 0 Å². The Morgan fingerprint density at radius 1 is 1.12 bits per heavy atom. The van der Waals surface area contributed by atoms with E-state index in [1.165, 1.54) is 44.3 Å². The lowest BCUT2D eigenvalue weighted by Crippen LogP contribution is -2.56. The zero-order valence-corrected chi connectivity index (χ0v) is 10.4. The molecule has 0 saturated carbocycles. The van der Waals surface area contributed by atoms with Crippen LogP contribution < -0.4 is 5.32 Å². The Morgan fingerprint density at radius 2 is 2.00 bits per heavy atom. The van der Waals surface area contributed by atoms with Crippen LogP contribution in [0.5, 0.6) is 0 Å². The van der Waals surface area contributed by atoms with Gasteiger partial charge in [-0.1, -0.05) is 30.3 Å². The van der Waals surface area contributed by atoms with Crippen LogP contribution in [-0.4, -0.2) is 30.1 Å². The minimum absolute atomic E-state index is 0.751. The van der Waals surface area contributed by atoms with Crippen LogP contribution in [-0.2, 0) is 6.54 Å². The third-order valence-corrected chi connectivity index (χ3v) is 4.21. The molecule has 3 rings (SSSR count). The first-order valence-electron chi connectivity index (χ1n) is 6.95. The van der Waals surface area contributed by atoms with E-state index in [2.05, 4.69) is 40.5 Å². The van der Waals surface area contributed by atoms with Gasteiger partial charge in [0.25, 0.3) is 0 Å². The predicted octanol–water partition coefficient (Wildman–Crippen LogP) is 2.40. The average Bonchev–Trinajstić information content (AvgIpc) is 2.40. The van der Waals surface area contributed by atoms with Crippen molar-refractivity contribution in [2.75, 3.05) is 13.1 Å². The third-order valence-electron chi connectivity index (χ3n) is 4.21. The van der Waals surface area contributed by atoms with Gasteiger partial charge in [-0.15, -0.1) is 0 Å². The highest BCUT2D eigenvalue weighted by Crippen LogP contribution is 2.25. The Balaban J connectivity index is 1.69. The number of benzene rings is 1. The summed E-state index contributed by atoms with van der Waals surface area (Å²) in [6, 6.07) is 12.4. The lowest BCUT2D eigenvalue weighted by Gasteiger charge is -2.44. The van der Waals surface area contributed by atoms with E-state index in [1.54, 1.807) is 0 Å². The van der Waals surface area contributed by atoms with Crippen LogP contribution in [0, 0.1) is 0 Å². The summed E-state index contributed by atoms with van der Waals surface area (Å²) in [5, 5.41) is 3.70. The van der Waals surface area contributed by atoms with E-state index in [1.807, 2.05) is 0 Å². The summed E-state index contributed by atoms with van der Waals surface area (Å²) in [5.41, 5.74) is 1.46. The summed E-state index contributed by atoms with van der Waals surface area (Å²) < 4.78 is 0. The van der Waals surface area contributed by atoms with Crippen molar-refractivity contribution < 1.29 is 0 Å². The quantitative estimate of drug-likeness (QED) is 0.839. The van der Waals surface area contributed by atoms with Gasteiger partial charge in [-0.05, 0) is 44.3 Å². The molecule has 2 heteroatoms. The van der Waals surface area contributed by atoms with E-state index in [-0.39, 0.29) is 0 Å². The van der Waals surface area contributed by atoms with Crippen molar-refractivity contribution >= 4 is 0 Å². The standard InChI is InChI=1S/C15H22N2/c1-2-6-13(7-3-1)12-17-11-5-8-14-15(17)9-4-10-16-14/h1-3,6-7,14-16H,4-5,8-12H2. The van der Waals surface area contributed by atoms with Crippen LogP contribution in [0.2, 0.25) is 0 Å². The topological polar surface area (TPSA) is 15.3 Å². The lowest BCUT2D eigenvalue weighted by molar-refractivity contribution is 0.0802. The summed E-state index contributed by atoms with van der Waals surface area (Å²) >= 11 is 0. The van der Waals surface area contributed by atoms with Gasteiger partial charge >= 0.3 is 0 Å². The number of piperidine rings is 2. The largest absolute Gasteiger partial charge is 0.312 e. The predicted molar refractivity (Wildman–Crippen MR) is 70.9 cm³/mol. The van der Waals surface area contributed by atoms with Crippen molar-refractivity contribution in [2.24, 2.45) is 0 Å². The molecule has 2 saturated heterocycles. The molecule has 0 radical (unpaired) electrons. The van der Waals surface area contributed by atoms with Crippen LogP contribution >= 0.6 is 0 Å². The van der Waals surface area contributed by atoms with E-state index in [0.29, 0.717) is 0 Å². The summed E-state index contributed by atoms with van der Waals surface area (Å²) in [7, 11) is 0. The molecule has 1 aromatic rings. The summed E-state index contributed by atoms with van der Waals surface area (Å²) in [6.07, 6.45) is 5.44. The molecular formula is C15H22N2. The maximum atomic E-state index is 3.70. The maximum absolute atomic E-state index is 3.70. The highest BCUT2D eigenvalue weighted by atomic mass is 15.2. The first kappa shape index (κ1) is 11.2. The van der Waals surface area contributed by atoms with Crippen molar-refractivity contribution in [2.45, 2.75) is 44.3 Å². The van der Waals surface area contributed by atoms with E-state index in [9.17, 15) is 0 Å². The Hall–Kier alpha value is -0.860.